The predicted octanol–water partition coefficient (Wildman–Crippen LogP) is 5.82. The lowest BCUT2D eigenvalue weighted by atomic mass is 9.84. The Labute approximate surface area is 233 Å². The predicted molar refractivity (Wildman–Crippen MR) is 150 cm³/mol. The number of likely N-dealkylation sites (tertiary alicyclic amines) is 1. The number of nitrogens with one attached hydrogen (secondary N) is 1. The van der Waals surface area contributed by atoms with Crippen LogP contribution in [0.2, 0.25) is 0 Å². The van der Waals surface area contributed by atoms with E-state index in [-0.39, 0.29) is 11.9 Å². The van der Waals surface area contributed by atoms with Crippen LogP contribution in [-0.4, -0.2) is 54.4 Å². The third-order valence-electron chi connectivity index (χ3n) is 8.32. The van der Waals surface area contributed by atoms with E-state index < -0.39 is 24.5 Å². The number of anilines is 1. The molecular formula is C31H37F3N4O2. The van der Waals surface area contributed by atoms with Gasteiger partial charge < -0.3 is 10.2 Å². The van der Waals surface area contributed by atoms with Gasteiger partial charge in [0.2, 0.25) is 5.91 Å². The number of amidine groups is 1. The highest BCUT2D eigenvalue weighted by Gasteiger charge is 2.37. The molecule has 2 aromatic carbocycles. The first-order chi connectivity index (χ1) is 19.2. The molecule has 0 radical (unpaired) electrons. The number of carbonyl (C=O) groups is 2. The van der Waals surface area contributed by atoms with Gasteiger partial charge in [-0.05, 0) is 87.9 Å². The average Bonchev–Trinajstić information content (AvgIpc) is 3.29. The normalized spacial score (nSPS) is 22.8. The molecule has 1 saturated heterocycles. The van der Waals surface area contributed by atoms with Gasteiger partial charge in [0.1, 0.15) is 12.4 Å². The summed E-state index contributed by atoms with van der Waals surface area (Å²) in [4.78, 5) is 34.8. The van der Waals surface area contributed by atoms with Crippen LogP contribution in [0.4, 0.5) is 18.9 Å². The van der Waals surface area contributed by atoms with Crippen LogP contribution in [0.3, 0.4) is 0 Å². The highest BCUT2D eigenvalue weighted by Crippen LogP contribution is 2.38. The monoisotopic (exact) mass is 554 g/mol. The van der Waals surface area contributed by atoms with E-state index >= 15 is 0 Å². The number of amides is 2. The Kier molecular flexibility index (Phi) is 8.59. The smallest absolute Gasteiger partial charge is 0.347 e. The molecule has 0 atom stereocenters. The summed E-state index contributed by atoms with van der Waals surface area (Å²) in [6.07, 6.45) is 2.09. The molecule has 3 aliphatic rings. The Morgan fingerprint density at radius 1 is 0.975 bits per heavy atom. The van der Waals surface area contributed by atoms with Crippen LogP contribution in [0, 0.1) is 12.8 Å². The topological polar surface area (TPSA) is 65.0 Å². The zero-order valence-corrected chi connectivity index (χ0v) is 23.0. The van der Waals surface area contributed by atoms with Crippen LogP contribution in [0.1, 0.15) is 72.0 Å². The van der Waals surface area contributed by atoms with Crippen molar-refractivity contribution in [2.75, 3.05) is 24.5 Å². The molecule has 2 fully saturated rings. The molecule has 40 heavy (non-hydrogen) atoms. The number of rotatable bonds is 6. The number of hydrogen-bond donors (Lipinski definition) is 1. The van der Waals surface area contributed by atoms with E-state index in [0.29, 0.717) is 43.5 Å². The van der Waals surface area contributed by atoms with Gasteiger partial charge in [0.15, 0.2) is 0 Å². The molecule has 0 bridgehead atoms. The first-order valence-electron chi connectivity index (χ1n) is 14.3. The summed E-state index contributed by atoms with van der Waals surface area (Å²) in [5.41, 5.74) is 4.98. The number of aliphatic imine (C=N–C) groups is 1. The van der Waals surface area contributed by atoms with Crippen LogP contribution in [0.25, 0.3) is 0 Å². The largest absolute Gasteiger partial charge is 0.405 e. The van der Waals surface area contributed by atoms with E-state index in [1.165, 1.54) is 24.8 Å². The third-order valence-corrected chi connectivity index (χ3v) is 8.32. The minimum atomic E-state index is -4.42. The van der Waals surface area contributed by atoms with Gasteiger partial charge in [-0.1, -0.05) is 36.2 Å². The van der Waals surface area contributed by atoms with Crippen molar-refractivity contribution in [3.05, 3.63) is 64.7 Å². The zero-order valence-electron chi connectivity index (χ0n) is 23.0. The number of hydrogen-bond acceptors (Lipinski definition) is 3. The summed E-state index contributed by atoms with van der Waals surface area (Å²) < 4.78 is 37.8. The first kappa shape index (κ1) is 28.3. The van der Waals surface area contributed by atoms with Crippen molar-refractivity contribution < 1.29 is 22.8 Å². The molecular weight excluding hydrogens is 517 g/mol. The molecule has 0 aromatic heterocycles. The summed E-state index contributed by atoms with van der Waals surface area (Å²) in [7, 11) is 0. The van der Waals surface area contributed by atoms with Crippen molar-refractivity contribution in [1.29, 1.82) is 0 Å². The van der Waals surface area contributed by atoms with E-state index in [0.717, 1.165) is 36.4 Å². The van der Waals surface area contributed by atoms with Gasteiger partial charge in [0, 0.05) is 36.2 Å². The Hall–Kier alpha value is -3.20. The molecule has 2 heterocycles. The van der Waals surface area contributed by atoms with Crippen LogP contribution in [0.5, 0.6) is 0 Å². The molecule has 0 unspecified atom stereocenters. The van der Waals surface area contributed by atoms with E-state index in [9.17, 15) is 22.8 Å². The Bertz CT molecular complexity index is 1240. The number of benzene rings is 2. The summed E-state index contributed by atoms with van der Waals surface area (Å²) in [5.74, 6) is -0.576. The van der Waals surface area contributed by atoms with Crippen molar-refractivity contribution in [2.45, 2.75) is 77.1 Å². The molecule has 214 valence electrons. The van der Waals surface area contributed by atoms with Gasteiger partial charge in [-0.15, -0.1) is 0 Å². The molecule has 9 heteroatoms. The summed E-state index contributed by atoms with van der Waals surface area (Å²) in [6.45, 7) is 3.74. The van der Waals surface area contributed by atoms with Crippen LogP contribution in [-0.2, 0) is 17.8 Å². The second-order valence-corrected chi connectivity index (χ2v) is 11.4. The zero-order chi connectivity index (χ0) is 28.3. The van der Waals surface area contributed by atoms with Gasteiger partial charge in [0.05, 0.1) is 0 Å². The van der Waals surface area contributed by atoms with E-state index in [1.54, 1.807) is 12.1 Å². The van der Waals surface area contributed by atoms with Crippen molar-refractivity contribution >= 4 is 23.3 Å². The van der Waals surface area contributed by atoms with Crippen molar-refractivity contribution in [1.82, 2.24) is 10.2 Å². The minimum Gasteiger partial charge on any atom is -0.347 e. The van der Waals surface area contributed by atoms with Gasteiger partial charge in [-0.25, -0.2) is 0 Å². The molecule has 6 nitrogen and oxygen atoms in total. The molecule has 1 saturated carbocycles. The number of halogens is 3. The fraction of sp³-hybridized carbons (Fsp3) is 0.516. The molecule has 5 rings (SSSR count). The summed E-state index contributed by atoms with van der Waals surface area (Å²) >= 11 is 0. The number of fused-ring (bicyclic) bond motifs is 1. The van der Waals surface area contributed by atoms with Crippen molar-refractivity contribution in [2.24, 2.45) is 10.9 Å². The maximum absolute atomic E-state index is 13.1. The van der Waals surface area contributed by atoms with E-state index in [2.05, 4.69) is 33.0 Å². The van der Waals surface area contributed by atoms with E-state index in [4.69, 9.17) is 0 Å². The SMILES string of the molecule is Cc1ccc(C(=O)N=C2Cc3ccc(CN4CCCCC4)cc3N2C2CCC(C(=O)NCC(F)(F)F)CC2)cc1. The summed E-state index contributed by atoms with van der Waals surface area (Å²) in [6, 6.07) is 13.9. The van der Waals surface area contributed by atoms with Gasteiger partial charge in [-0.3, -0.25) is 14.5 Å². The van der Waals surface area contributed by atoms with Gasteiger partial charge >= 0.3 is 6.18 Å². The highest BCUT2D eigenvalue weighted by molar-refractivity contribution is 6.12. The Morgan fingerprint density at radius 3 is 2.35 bits per heavy atom. The first-order valence-corrected chi connectivity index (χ1v) is 14.3. The van der Waals surface area contributed by atoms with Crippen molar-refractivity contribution in [3.63, 3.8) is 0 Å². The lowest BCUT2D eigenvalue weighted by Gasteiger charge is -2.36. The maximum atomic E-state index is 13.1. The lowest BCUT2D eigenvalue weighted by Crippen LogP contribution is -2.44. The van der Waals surface area contributed by atoms with Gasteiger partial charge in [0.25, 0.3) is 5.91 Å². The third kappa shape index (κ3) is 6.92. The quantitative estimate of drug-likeness (QED) is 0.489. The second kappa shape index (κ2) is 12.1. The second-order valence-electron chi connectivity index (χ2n) is 11.4. The van der Waals surface area contributed by atoms with Gasteiger partial charge in [-0.2, -0.15) is 18.2 Å². The molecule has 0 spiro atoms. The van der Waals surface area contributed by atoms with Crippen molar-refractivity contribution in [3.8, 4) is 0 Å². The molecule has 2 amide bonds. The number of alkyl halides is 3. The van der Waals surface area contributed by atoms with E-state index in [1.807, 2.05) is 24.4 Å². The standard InChI is InChI=1S/C31H37F3N4O2/c1-21-5-8-24(9-6-21)30(40)36-28-18-25-10-7-22(19-37-15-3-2-4-16-37)17-27(25)38(28)26-13-11-23(12-14-26)29(39)35-20-31(32,33)34/h5-10,17,23,26H,2-4,11-16,18-20H2,1H3,(H,35,39). The molecule has 1 N–H and O–H groups in total. The Balaban J connectivity index is 1.36. The highest BCUT2D eigenvalue weighted by atomic mass is 19.4. The van der Waals surface area contributed by atoms with Crippen LogP contribution in [0.15, 0.2) is 47.5 Å². The maximum Gasteiger partial charge on any atom is 0.405 e. The number of nitrogens with zero attached hydrogens (tertiary/aromatic N) is 3. The number of aryl methyl sites for hydroxylation is 1. The van der Waals surface area contributed by atoms with Crippen LogP contribution < -0.4 is 10.2 Å². The fourth-order valence-corrected chi connectivity index (χ4v) is 6.16. The lowest BCUT2D eigenvalue weighted by molar-refractivity contribution is -0.141. The van der Waals surface area contributed by atoms with Crippen LogP contribution >= 0.6 is 0 Å². The molecule has 2 aromatic rings. The molecule has 1 aliphatic carbocycles. The fourth-order valence-electron chi connectivity index (χ4n) is 6.16. The number of carbonyl (C=O) groups excluding carboxylic acids is 2. The average molecular weight is 555 g/mol. The Morgan fingerprint density at radius 2 is 1.68 bits per heavy atom. The molecule has 2 aliphatic heterocycles. The minimum absolute atomic E-state index is 0.0164. The summed E-state index contributed by atoms with van der Waals surface area (Å²) in [5, 5.41) is 2.04. The number of piperidine rings is 1.